The van der Waals surface area contributed by atoms with E-state index in [9.17, 15) is 47.5 Å². The summed E-state index contributed by atoms with van der Waals surface area (Å²) < 4.78 is 82.6. The highest BCUT2D eigenvalue weighted by Gasteiger charge is 2.43. The summed E-state index contributed by atoms with van der Waals surface area (Å²) in [4.78, 5) is 108. The molecule has 74 heavy (non-hydrogen) atoms. The highest BCUT2D eigenvalue weighted by Crippen LogP contribution is 2.66. The highest BCUT2D eigenvalue weighted by molar-refractivity contribution is 7.66. The lowest BCUT2D eigenvalue weighted by atomic mass is 10.1. The quantitative estimate of drug-likeness (QED) is 0.0217. The van der Waals surface area contributed by atoms with Crippen LogP contribution in [-0.4, -0.2) is 147 Å². The molecule has 1 fully saturated rings. The number of anilines is 1. The topological polar surface area (TPSA) is 405 Å². The number of carbonyl (C=O) groups is 5. The fourth-order valence-corrected chi connectivity index (χ4v) is 9.64. The van der Waals surface area contributed by atoms with Crippen molar-refractivity contribution in [3.63, 3.8) is 0 Å². The molecule has 0 aliphatic carbocycles. The Morgan fingerprint density at radius 3 is 2.45 bits per heavy atom. The molecule has 29 nitrogen and oxygen atoms in total. The Labute approximate surface area is 423 Å². The molecule has 1 aliphatic heterocycles. The van der Waals surface area contributed by atoms with Gasteiger partial charge in [0.2, 0.25) is 11.8 Å². The lowest BCUT2D eigenvalue weighted by molar-refractivity contribution is -0.162. The van der Waals surface area contributed by atoms with Gasteiger partial charge in [0, 0.05) is 51.7 Å². The number of nitrogen functional groups attached to an aromatic ring is 1. The number of Topliss-reactive ketones (excluding diaryl/α,β-unsaturated/α-hetero) is 1. The summed E-state index contributed by atoms with van der Waals surface area (Å²) in [6.45, 7) is 8.40. The number of alkyl carbamates (subject to hydrolysis) is 1. The summed E-state index contributed by atoms with van der Waals surface area (Å²) in [7, 11) is -15.5. The maximum absolute atomic E-state index is 13.1. The average molecular weight is 1100 g/mol. The van der Waals surface area contributed by atoms with Crippen molar-refractivity contribution < 1.29 is 98.8 Å². The first-order chi connectivity index (χ1) is 34.7. The molecule has 1 saturated heterocycles. The largest absolute Gasteiger partial charge is 0.490 e. The van der Waals surface area contributed by atoms with Crippen LogP contribution in [0.5, 0.6) is 5.75 Å². The second-order valence-electron chi connectivity index (χ2n) is 16.7. The highest BCUT2D eigenvalue weighted by atomic mass is 31.3. The van der Waals surface area contributed by atoms with Crippen LogP contribution in [0.2, 0.25) is 0 Å². The number of nitrogens with two attached hydrogens (primary N) is 1. The van der Waals surface area contributed by atoms with Crippen LogP contribution in [0.4, 0.5) is 10.6 Å². The second kappa shape index (κ2) is 27.8. The molecule has 0 saturated carbocycles. The number of phosphoric ester groups is 1. The zero-order valence-electron chi connectivity index (χ0n) is 40.7. The first kappa shape index (κ1) is 60.9. The molecule has 32 heteroatoms. The molecule has 0 bridgehead atoms. The van der Waals surface area contributed by atoms with Crippen molar-refractivity contribution >= 4 is 69.9 Å². The maximum Gasteiger partial charge on any atom is 0.490 e. The first-order valence-electron chi connectivity index (χ1n) is 22.1. The van der Waals surface area contributed by atoms with Crippen molar-refractivity contribution in [3.8, 4) is 17.6 Å². The number of aromatic nitrogens is 3. The summed E-state index contributed by atoms with van der Waals surface area (Å²) in [5, 5.41) is 10.7. The number of hydrogen-bond acceptors (Lipinski definition) is 20. The SMILES string of the molecule is C=CCOC(COc1cccc(C(=O)NCCC(=O)C(CCNC(C)=O)NC(=O)OC(C)(C)C)c1)OCC(=O)NCC#Cc1cn(C2CC(OC)C(COP(=O)(O)OP(=O)(O)OP(=O)(O)O)O2)c2ncnc(N)c12. The average Bonchev–Trinajstić information content (AvgIpc) is 3.89. The van der Waals surface area contributed by atoms with Crippen molar-refractivity contribution in [1.82, 2.24) is 35.8 Å². The predicted molar refractivity (Wildman–Crippen MR) is 257 cm³/mol. The van der Waals surface area contributed by atoms with Crippen molar-refractivity contribution in [2.24, 2.45) is 0 Å². The van der Waals surface area contributed by atoms with Crippen LogP contribution < -0.4 is 31.7 Å². The van der Waals surface area contributed by atoms with E-state index in [-0.39, 0.29) is 80.8 Å². The van der Waals surface area contributed by atoms with Crippen molar-refractivity contribution in [2.75, 3.05) is 58.9 Å². The fourth-order valence-electron chi connectivity index (χ4n) is 6.61. The first-order valence-corrected chi connectivity index (χ1v) is 26.6. The molecule has 1 aliphatic rings. The van der Waals surface area contributed by atoms with Gasteiger partial charge in [0.15, 0.2) is 12.1 Å². The Morgan fingerprint density at radius 2 is 1.77 bits per heavy atom. The number of nitrogens with zero attached hydrogens (tertiary/aromatic N) is 3. The van der Waals surface area contributed by atoms with Crippen LogP contribution in [0.3, 0.4) is 0 Å². The van der Waals surface area contributed by atoms with Gasteiger partial charge in [-0.1, -0.05) is 24.0 Å². The predicted octanol–water partition coefficient (Wildman–Crippen LogP) is 1.86. The van der Waals surface area contributed by atoms with Crippen LogP contribution >= 0.6 is 23.5 Å². The summed E-state index contributed by atoms with van der Waals surface area (Å²) in [6, 6.07) is 5.13. The van der Waals surface area contributed by atoms with Gasteiger partial charge in [0.1, 0.15) is 54.7 Å². The number of rotatable bonds is 28. The number of nitrogens with one attached hydrogen (secondary N) is 4. The maximum atomic E-state index is 13.1. The molecule has 0 spiro atoms. The molecule has 7 unspecified atom stereocenters. The second-order valence-corrected chi connectivity index (χ2v) is 21.1. The van der Waals surface area contributed by atoms with Crippen molar-refractivity contribution in [2.45, 2.75) is 83.3 Å². The minimum atomic E-state index is -5.76. The molecule has 10 N–H and O–H groups in total. The van der Waals surface area contributed by atoms with Gasteiger partial charge in [-0.15, -0.1) is 6.58 Å². The summed E-state index contributed by atoms with van der Waals surface area (Å²) in [5.41, 5.74) is 6.16. The van der Waals surface area contributed by atoms with Gasteiger partial charge in [-0.25, -0.2) is 28.5 Å². The van der Waals surface area contributed by atoms with Gasteiger partial charge in [0.25, 0.3) is 5.91 Å². The van der Waals surface area contributed by atoms with E-state index in [4.69, 9.17) is 48.5 Å². The molecule has 2 aromatic heterocycles. The normalized spacial score (nSPS) is 18.1. The zero-order chi connectivity index (χ0) is 54.9. The van der Waals surface area contributed by atoms with Crippen LogP contribution in [-0.2, 0) is 64.9 Å². The number of methoxy groups -OCH3 is 1. The van der Waals surface area contributed by atoms with Crippen LogP contribution in [0.25, 0.3) is 11.0 Å². The Bertz CT molecular complexity index is 2680. The lowest BCUT2D eigenvalue weighted by Crippen LogP contribution is -2.45. The Balaban J connectivity index is 1.30. The van der Waals surface area contributed by atoms with Gasteiger partial charge < -0.3 is 79.6 Å². The number of benzene rings is 1. The summed E-state index contributed by atoms with van der Waals surface area (Å²) in [5.74, 6) is 4.21. The molecule has 7 atom stereocenters. The Morgan fingerprint density at radius 1 is 1.03 bits per heavy atom. The third-order valence-electron chi connectivity index (χ3n) is 9.67. The van der Waals surface area contributed by atoms with Crippen molar-refractivity contribution in [1.29, 1.82) is 0 Å². The number of fused-ring (bicyclic) bond motifs is 1. The molecule has 4 rings (SSSR count). The van der Waals surface area contributed by atoms with Gasteiger partial charge in [-0.2, -0.15) is 8.62 Å². The Kier molecular flexibility index (Phi) is 22.8. The third kappa shape index (κ3) is 20.9. The van der Waals surface area contributed by atoms with E-state index in [1.165, 1.54) is 49.3 Å². The van der Waals surface area contributed by atoms with E-state index < -0.39 is 96.7 Å². The number of ether oxygens (including phenoxy) is 6. The lowest BCUT2D eigenvalue weighted by Gasteiger charge is -2.23. The Hall–Kier alpha value is -5.66. The number of phosphoric acid groups is 3. The standard InChI is InChI=1S/C42H59N8O21P3/c1-7-18-64-36(24-65-29-12-8-10-27(19-29)40(54)46-17-14-31(52)30(13-16-44-26(2)51)49-41(55)69-42(3,4)5)66-23-34(53)45-15-9-11-28-21-50(39-37(28)38(43)47-25-48-39)35-20-32(63-6)33(68-35)22-67-73(59,60)71-74(61,62)70-72(56,57)58/h7-8,10,12,19,21,25,30,32-33,35-36H,1,13-18,20,22-24H2,2-6H3,(H,44,51)(H,45,53)(H,46,54)(H,49,55)(H,59,60)(H,61,62)(H2,43,47,48)(H2,56,57,58). The monoisotopic (exact) mass is 1100 g/mol. The van der Waals surface area contributed by atoms with E-state index in [1.807, 2.05) is 0 Å². The molecule has 4 amide bonds. The number of amides is 4. The van der Waals surface area contributed by atoms with E-state index in [1.54, 1.807) is 32.9 Å². The number of carbonyl (C=O) groups excluding carboxylic acids is 5. The molecular formula is C42H59N8O21P3. The van der Waals surface area contributed by atoms with E-state index in [0.29, 0.717) is 10.9 Å². The third-order valence-corrected chi connectivity index (χ3v) is 13.5. The number of hydrogen-bond donors (Lipinski definition) is 9. The molecule has 3 aromatic rings. The van der Waals surface area contributed by atoms with Gasteiger partial charge in [-0.3, -0.25) is 23.7 Å². The summed E-state index contributed by atoms with van der Waals surface area (Å²) in [6.07, 6.45) is -0.438. The van der Waals surface area contributed by atoms with Crippen LogP contribution in [0.1, 0.15) is 69.1 Å². The minimum absolute atomic E-state index is 0.0326. The van der Waals surface area contributed by atoms with E-state index in [0.717, 1.165) is 0 Å². The molecule has 1 aromatic carbocycles. The molecule has 3 heterocycles. The van der Waals surface area contributed by atoms with Crippen LogP contribution in [0.15, 0.2) is 49.4 Å². The van der Waals surface area contributed by atoms with Gasteiger partial charge >= 0.3 is 29.6 Å². The van der Waals surface area contributed by atoms with E-state index >= 15 is 0 Å². The molecule has 408 valence electrons. The van der Waals surface area contributed by atoms with Gasteiger partial charge in [0.05, 0.1) is 42.9 Å². The van der Waals surface area contributed by atoms with Crippen LogP contribution in [0, 0.1) is 11.8 Å². The summed E-state index contributed by atoms with van der Waals surface area (Å²) >= 11 is 0. The zero-order valence-corrected chi connectivity index (χ0v) is 43.4. The van der Waals surface area contributed by atoms with Gasteiger partial charge in [-0.05, 0) is 45.4 Å². The van der Waals surface area contributed by atoms with Crippen molar-refractivity contribution in [3.05, 3.63) is 60.6 Å². The van der Waals surface area contributed by atoms with E-state index in [2.05, 4.69) is 58.3 Å². The smallest absolute Gasteiger partial charge is 0.488 e. The number of ketones is 1. The molecular weight excluding hydrogens is 1050 g/mol. The fraction of sp³-hybridized carbons (Fsp3) is 0.500. The molecule has 0 radical (unpaired) electrons. The minimum Gasteiger partial charge on any atom is -0.488 e.